The molecule has 0 aromatic carbocycles. The zero-order valence-electron chi connectivity index (χ0n) is 12.6. The molecule has 0 aliphatic heterocycles. The minimum Gasteiger partial charge on any atom is -0.353 e. The predicted molar refractivity (Wildman–Crippen MR) is 81.4 cm³/mol. The number of carbonyl (C=O) groups excluding carboxylic acids is 1. The number of amides is 1. The van der Waals surface area contributed by atoms with Gasteiger partial charge in [0.25, 0.3) is 0 Å². The van der Waals surface area contributed by atoms with Crippen molar-refractivity contribution < 1.29 is 4.79 Å². The van der Waals surface area contributed by atoms with Crippen LogP contribution in [-0.2, 0) is 17.9 Å². The Morgan fingerprint density at radius 3 is 2.75 bits per heavy atom. The lowest BCUT2D eigenvalue weighted by Crippen LogP contribution is -2.33. The Hall–Kier alpha value is -1.08. The zero-order chi connectivity index (χ0) is 15.0. The van der Waals surface area contributed by atoms with E-state index in [4.69, 9.17) is 5.73 Å². The van der Waals surface area contributed by atoms with Crippen molar-refractivity contribution in [3.63, 3.8) is 0 Å². The first kappa shape index (κ1) is 17.0. The number of carbonyl (C=O) groups is 1. The van der Waals surface area contributed by atoms with Crippen molar-refractivity contribution in [1.29, 1.82) is 0 Å². The van der Waals surface area contributed by atoms with Crippen molar-refractivity contribution in [1.82, 2.24) is 20.1 Å². The Morgan fingerprint density at radius 2 is 2.15 bits per heavy atom. The molecule has 0 saturated heterocycles. The van der Waals surface area contributed by atoms with Crippen LogP contribution in [0.15, 0.2) is 5.16 Å². The summed E-state index contributed by atoms with van der Waals surface area (Å²) in [6.45, 7) is 7.42. The first-order chi connectivity index (χ1) is 9.62. The Kier molecular flexibility index (Phi) is 7.61. The van der Waals surface area contributed by atoms with E-state index in [9.17, 15) is 4.79 Å². The Bertz CT molecular complexity index is 421. The molecular formula is C13H25N5OS. The van der Waals surface area contributed by atoms with Crippen LogP contribution in [0.2, 0.25) is 0 Å². The molecule has 1 rings (SSSR count). The molecule has 7 heteroatoms. The number of hydrogen-bond donors (Lipinski definition) is 2. The molecule has 0 aliphatic carbocycles. The fraction of sp³-hybridized carbons (Fsp3) is 0.769. The minimum atomic E-state index is 0.0382. The zero-order valence-corrected chi connectivity index (χ0v) is 13.4. The van der Waals surface area contributed by atoms with Gasteiger partial charge in [-0.2, -0.15) is 0 Å². The summed E-state index contributed by atoms with van der Waals surface area (Å²) in [7, 11) is 0. The maximum Gasteiger partial charge on any atom is 0.230 e. The van der Waals surface area contributed by atoms with E-state index in [2.05, 4.69) is 29.4 Å². The van der Waals surface area contributed by atoms with Crippen molar-refractivity contribution in [3.05, 3.63) is 5.82 Å². The molecule has 0 saturated carbocycles. The third-order valence-electron chi connectivity index (χ3n) is 2.88. The summed E-state index contributed by atoms with van der Waals surface area (Å²) in [4.78, 5) is 11.8. The molecule has 0 radical (unpaired) electrons. The lowest BCUT2D eigenvalue weighted by atomic mass is 10.2. The molecule has 0 fully saturated rings. The normalized spacial score (nSPS) is 12.4. The van der Waals surface area contributed by atoms with Gasteiger partial charge in [-0.05, 0) is 19.8 Å². The largest absolute Gasteiger partial charge is 0.353 e. The first-order valence-electron chi connectivity index (χ1n) is 7.16. The smallest absolute Gasteiger partial charge is 0.230 e. The lowest BCUT2D eigenvalue weighted by molar-refractivity contribution is -0.119. The van der Waals surface area contributed by atoms with E-state index in [1.165, 1.54) is 11.8 Å². The maximum atomic E-state index is 11.8. The van der Waals surface area contributed by atoms with Crippen LogP contribution in [0.1, 0.15) is 45.9 Å². The minimum absolute atomic E-state index is 0.0382. The second-order valence-electron chi connectivity index (χ2n) is 4.80. The van der Waals surface area contributed by atoms with Gasteiger partial charge in [0.15, 0.2) is 5.16 Å². The number of nitrogens with one attached hydrogen (secondary N) is 1. The van der Waals surface area contributed by atoms with Crippen LogP contribution in [0, 0.1) is 0 Å². The van der Waals surface area contributed by atoms with Crippen LogP contribution in [0.4, 0.5) is 0 Å². The monoisotopic (exact) mass is 299 g/mol. The Balaban J connectivity index is 2.52. The van der Waals surface area contributed by atoms with Crippen LogP contribution >= 0.6 is 11.8 Å². The summed E-state index contributed by atoms with van der Waals surface area (Å²) in [5.74, 6) is 1.17. The van der Waals surface area contributed by atoms with Gasteiger partial charge >= 0.3 is 0 Å². The summed E-state index contributed by atoms with van der Waals surface area (Å²) < 4.78 is 1.99. The van der Waals surface area contributed by atoms with Gasteiger partial charge in [0.2, 0.25) is 5.91 Å². The average Bonchev–Trinajstić information content (AvgIpc) is 2.79. The van der Waals surface area contributed by atoms with E-state index >= 15 is 0 Å². The molecule has 3 N–H and O–H groups in total. The highest BCUT2D eigenvalue weighted by Crippen LogP contribution is 2.17. The SMILES string of the molecule is CCCC(C)NC(=O)CSc1nnc(CN)n1CCC. The van der Waals surface area contributed by atoms with E-state index in [0.29, 0.717) is 12.3 Å². The van der Waals surface area contributed by atoms with Gasteiger partial charge in [-0.25, -0.2) is 0 Å². The number of rotatable bonds is 9. The molecular weight excluding hydrogens is 274 g/mol. The number of hydrogen-bond acceptors (Lipinski definition) is 5. The third kappa shape index (κ3) is 5.13. The van der Waals surface area contributed by atoms with Crippen molar-refractivity contribution in [3.8, 4) is 0 Å². The molecule has 1 unspecified atom stereocenters. The van der Waals surface area contributed by atoms with Gasteiger partial charge in [-0.3, -0.25) is 4.79 Å². The number of aromatic nitrogens is 3. The summed E-state index contributed by atoms with van der Waals surface area (Å²) in [5.41, 5.74) is 5.64. The fourth-order valence-electron chi connectivity index (χ4n) is 1.98. The van der Waals surface area contributed by atoms with Crippen molar-refractivity contribution in [2.75, 3.05) is 5.75 Å². The molecule has 0 aliphatic rings. The van der Waals surface area contributed by atoms with E-state index in [1.54, 1.807) is 0 Å². The lowest BCUT2D eigenvalue weighted by Gasteiger charge is -2.12. The highest BCUT2D eigenvalue weighted by atomic mass is 32.2. The van der Waals surface area contributed by atoms with E-state index in [-0.39, 0.29) is 11.9 Å². The number of nitrogens with two attached hydrogens (primary N) is 1. The van der Waals surface area contributed by atoms with Gasteiger partial charge in [-0.1, -0.05) is 32.0 Å². The number of thioether (sulfide) groups is 1. The van der Waals surface area contributed by atoms with Gasteiger partial charge < -0.3 is 15.6 Å². The van der Waals surface area contributed by atoms with Gasteiger partial charge in [0, 0.05) is 12.6 Å². The number of nitrogens with zero attached hydrogens (tertiary/aromatic N) is 3. The van der Waals surface area contributed by atoms with Gasteiger partial charge in [0.05, 0.1) is 12.3 Å². The second kappa shape index (κ2) is 8.97. The molecule has 1 aromatic rings. The molecule has 1 amide bonds. The van der Waals surface area contributed by atoms with Crippen molar-refractivity contribution in [2.45, 2.75) is 64.3 Å². The molecule has 0 spiro atoms. The van der Waals surface area contributed by atoms with Crippen LogP contribution in [-0.4, -0.2) is 32.5 Å². The Morgan fingerprint density at radius 1 is 1.40 bits per heavy atom. The van der Waals surface area contributed by atoms with Crippen LogP contribution in [0.5, 0.6) is 0 Å². The topological polar surface area (TPSA) is 85.8 Å². The quantitative estimate of drug-likeness (QED) is 0.676. The third-order valence-corrected chi connectivity index (χ3v) is 3.85. The highest BCUT2D eigenvalue weighted by molar-refractivity contribution is 7.99. The second-order valence-corrected chi connectivity index (χ2v) is 5.74. The van der Waals surface area contributed by atoms with E-state index in [1.807, 2.05) is 11.5 Å². The molecule has 1 atom stereocenters. The predicted octanol–water partition coefficient (Wildman–Crippen LogP) is 1.54. The van der Waals surface area contributed by atoms with Crippen molar-refractivity contribution >= 4 is 17.7 Å². The molecule has 1 aromatic heterocycles. The molecule has 6 nitrogen and oxygen atoms in total. The average molecular weight is 299 g/mol. The van der Waals surface area contributed by atoms with Crippen molar-refractivity contribution in [2.24, 2.45) is 5.73 Å². The molecule has 1 heterocycles. The molecule has 0 bridgehead atoms. The van der Waals surface area contributed by atoms with E-state index in [0.717, 1.165) is 36.8 Å². The summed E-state index contributed by atoms with van der Waals surface area (Å²) >= 11 is 1.41. The molecule has 114 valence electrons. The van der Waals surface area contributed by atoms with E-state index < -0.39 is 0 Å². The fourth-order valence-corrected chi connectivity index (χ4v) is 2.77. The standard InChI is InChI=1S/C13H25N5OS/c1-4-6-10(3)15-12(19)9-20-13-17-16-11(8-14)18(13)7-5-2/h10H,4-9,14H2,1-3H3,(H,15,19). The maximum absolute atomic E-state index is 11.8. The van der Waals surface area contributed by atoms with Crippen LogP contribution in [0.3, 0.4) is 0 Å². The first-order valence-corrected chi connectivity index (χ1v) is 8.15. The van der Waals surface area contributed by atoms with Gasteiger partial charge in [-0.15, -0.1) is 10.2 Å². The molecule has 20 heavy (non-hydrogen) atoms. The summed E-state index contributed by atoms with van der Waals surface area (Å²) in [6.07, 6.45) is 3.05. The summed E-state index contributed by atoms with van der Waals surface area (Å²) in [6, 6.07) is 0.223. The van der Waals surface area contributed by atoms with Crippen LogP contribution in [0.25, 0.3) is 0 Å². The van der Waals surface area contributed by atoms with Gasteiger partial charge in [0.1, 0.15) is 5.82 Å². The van der Waals surface area contributed by atoms with Crippen LogP contribution < -0.4 is 11.1 Å². The highest BCUT2D eigenvalue weighted by Gasteiger charge is 2.13. The Labute approximate surface area is 124 Å². The summed E-state index contributed by atoms with van der Waals surface area (Å²) in [5, 5.41) is 11.9.